The fourth-order valence-corrected chi connectivity index (χ4v) is 1.95. The van der Waals surface area contributed by atoms with Gasteiger partial charge in [-0.2, -0.15) is 0 Å². The molecule has 0 amide bonds. The Morgan fingerprint density at radius 2 is 1.76 bits per heavy atom. The number of Topliss-reactive ketones (excluding diaryl/α,β-unsaturated/α-hetero) is 1. The Balaban J connectivity index is 2.23. The molecule has 0 saturated carbocycles. The van der Waals surface area contributed by atoms with Gasteiger partial charge < -0.3 is 9.47 Å². The highest BCUT2D eigenvalue weighted by Crippen LogP contribution is 2.15. The minimum atomic E-state index is -0.775. The molecule has 0 bridgehead atoms. The summed E-state index contributed by atoms with van der Waals surface area (Å²) in [5.41, 5.74) is 0.183. The lowest BCUT2D eigenvalue weighted by molar-refractivity contribution is -0.145. The Bertz CT molecular complexity index is 451. The highest BCUT2D eigenvalue weighted by atomic mass is 16.5. The fraction of sp³-hybridized carbons (Fsp3) is 0.529. The zero-order chi connectivity index (χ0) is 15.7. The molecule has 0 fully saturated rings. The minimum absolute atomic E-state index is 0.0141. The number of carbonyl (C=O) groups excluding carboxylic acids is 2. The summed E-state index contributed by atoms with van der Waals surface area (Å²) in [6.07, 6.45) is 1.07. The molecule has 0 aliphatic rings. The summed E-state index contributed by atoms with van der Waals surface area (Å²) in [6, 6.07) is 9.52. The molecule has 4 nitrogen and oxygen atoms in total. The van der Waals surface area contributed by atoms with Gasteiger partial charge in [-0.3, -0.25) is 9.59 Å². The summed E-state index contributed by atoms with van der Waals surface area (Å²) in [5, 5.41) is 0. The maximum atomic E-state index is 11.9. The van der Waals surface area contributed by atoms with Crippen molar-refractivity contribution >= 4 is 11.8 Å². The number of ether oxygens (including phenoxy) is 2. The molecule has 0 N–H and O–H groups in total. The molecular weight excluding hydrogens is 268 g/mol. The molecule has 0 spiro atoms. The summed E-state index contributed by atoms with van der Waals surface area (Å²) in [5.74, 6) is -0.263. The fourth-order valence-electron chi connectivity index (χ4n) is 1.95. The Kier molecular flexibility index (Phi) is 7.09. The van der Waals surface area contributed by atoms with Crippen LogP contribution in [0.3, 0.4) is 0 Å². The predicted molar refractivity (Wildman–Crippen MR) is 80.8 cm³/mol. The number of carbonyl (C=O) groups is 2. The van der Waals surface area contributed by atoms with Crippen molar-refractivity contribution in [3.63, 3.8) is 0 Å². The molecule has 116 valence electrons. The first-order valence-electron chi connectivity index (χ1n) is 7.32. The van der Waals surface area contributed by atoms with Crippen molar-refractivity contribution < 1.29 is 19.1 Å². The van der Waals surface area contributed by atoms with Crippen LogP contribution >= 0.6 is 0 Å². The Morgan fingerprint density at radius 1 is 1.10 bits per heavy atom. The Morgan fingerprint density at radius 3 is 2.38 bits per heavy atom. The molecule has 21 heavy (non-hydrogen) atoms. The van der Waals surface area contributed by atoms with Gasteiger partial charge in [-0.15, -0.1) is 0 Å². The molecule has 4 heteroatoms. The van der Waals surface area contributed by atoms with Crippen LogP contribution in [0.4, 0.5) is 0 Å². The number of hydrogen-bond acceptors (Lipinski definition) is 4. The van der Waals surface area contributed by atoms with Crippen LogP contribution in [0.5, 0.6) is 0 Å². The van der Waals surface area contributed by atoms with Gasteiger partial charge >= 0.3 is 5.97 Å². The van der Waals surface area contributed by atoms with Gasteiger partial charge in [-0.05, 0) is 32.8 Å². The van der Waals surface area contributed by atoms with Crippen molar-refractivity contribution in [2.45, 2.75) is 52.2 Å². The van der Waals surface area contributed by atoms with E-state index in [9.17, 15) is 9.59 Å². The second kappa shape index (κ2) is 8.57. The van der Waals surface area contributed by atoms with E-state index in [0.29, 0.717) is 19.4 Å². The zero-order valence-corrected chi connectivity index (χ0v) is 13.1. The van der Waals surface area contributed by atoms with Crippen molar-refractivity contribution in [1.82, 2.24) is 0 Å². The number of hydrogen-bond donors (Lipinski definition) is 0. The summed E-state index contributed by atoms with van der Waals surface area (Å²) >= 11 is 0. The molecule has 1 aromatic rings. The van der Waals surface area contributed by atoms with Crippen LogP contribution in [-0.4, -0.2) is 24.0 Å². The van der Waals surface area contributed by atoms with Gasteiger partial charge in [0.05, 0.1) is 0 Å². The van der Waals surface area contributed by atoms with E-state index in [1.807, 2.05) is 37.3 Å². The van der Waals surface area contributed by atoms with E-state index >= 15 is 0 Å². The lowest BCUT2D eigenvalue weighted by Crippen LogP contribution is -2.35. The molecule has 0 aliphatic heterocycles. The number of ketones is 1. The molecule has 1 aromatic carbocycles. The van der Waals surface area contributed by atoms with E-state index in [1.54, 1.807) is 13.8 Å². The zero-order valence-electron chi connectivity index (χ0n) is 13.1. The highest BCUT2D eigenvalue weighted by Gasteiger charge is 2.27. The molecule has 0 heterocycles. The lowest BCUT2D eigenvalue weighted by Gasteiger charge is -2.22. The third-order valence-corrected chi connectivity index (χ3v) is 3.20. The van der Waals surface area contributed by atoms with Gasteiger partial charge in [0.15, 0.2) is 5.78 Å². The van der Waals surface area contributed by atoms with E-state index in [1.165, 1.54) is 0 Å². The van der Waals surface area contributed by atoms with Gasteiger partial charge in [0, 0.05) is 19.4 Å². The number of benzene rings is 1. The summed E-state index contributed by atoms with van der Waals surface area (Å²) in [6.45, 7) is 6.14. The first kappa shape index (κ1) is 17.4. The van der Waals surface area contributed by atoms with Gasteiger partial charge in [-0.1, -0.05) is 30.3 Å². The van der Waals surface area contributed by atoms with Crippen molar-refractivity contribution in [2.75, 3.05) is 6.61 Å². The van der Waals surface area contributed by atoms with Crippen LogP contribution in [0.15, 0.2) is 30.3 Å². The Hall–Kier alpha value is -1.68. The number of esters is 1. The van der Waals surface area contributed by atoms with Crippen LogP contribution < -0.4 is 0 Å². The Labute approximate surface area is 126 Å². The van der Waals surface area contributed by atoms with Crippen LogP contribution in [0.1, 0.15) is 45.6 Å². The normalized spacial score (nSPS) is 11.2. The van der Waals surface area contributed by atoms with Crippen LogP contribution in [0.2, 0.25) is 0 Å². The second-order valence-electron chi connectivity index (χ2n) is 5.37. The second-order valence-corrected chi connectivity index (χ2v) is 5.37. The van der Waals surface area contributed by atoms with Gasteiger partial charge in [0.25, 0.3) is 0 Å². The highest BCUT2D eigenvalue weighted by molar-refractivity contribution is 5.86. The molecule has 0 aliphatic carbocycles. The van der Waals surface area contributed by atoms with Crippen LogP contribution in [0, 0.1) is 0 Å². The monoisotopic (exact) mass is 292 g/mol. The van der Waals surface area contributed by atoms with Crippen molar-refractivity contribution in [2.24, 2.45) is 0 Å². The third-order valence-electron chi connectivity index (χ3n) is 3.20. The molecule has 0 unspecified atom stereocenters. The van der Waals surface area contributed by atoms with Gasteiger partial charge in [0.1, 0.15) is 12.2 Å². The number of rotatable bonds is 9. The average molecular weight is 292 g/mol. The quantitative estimate of drug-likeness (QED) is 0.655. The van der Waals surface area contributed by atoms with Crippen LogP contribution in [-0.2, 0) is 25.7 Å². The van der Waals surface area contributed by atoms with E-state index in [4.69, 9.17) is 9.47 Å². The molecule has 0 aromatic heterocycles. The first-order valence-corrected chi connectivity index (χ1v) is 7.32. The molecular formula is C17H24O4. The molecule has 0 atom stereocenters. The maximum Gasteiger partial charge on any atom is 0.306 e. The largest absolute Gasteiger partial charge is 0.461 e. The van der Waals surface area contributed by atoms with Crippen LogP contribution in [0.25, 0.3) is 0 Å². The third kappa shape index (κ3) is 6.54. The van der Waals surface area contributed by atoms with Crippen molar-refractivity contribution in [3.05, 3.63) is 35.9 Å². The maximum absolute atomic E-state index is 11.9. The first-order chi connectivity index (χ1) is 9.95. The van der Waals surface area contributed by atoms with Gasteiger partial charge in [0.2, 0.25) is 0 Å². The van der Waals surface area contributed by atoms with Crippen molar-refractivity contribution in [3.8, 4) is 0 Å². The topological polar surface area (TPSA) is 52.6 Å². The van der Waals surface area contributed by atoms with Gasteiger partial charge in [-0.25, -0.2) is 0 Å². The summed E-state index contributed by atoms with van der Waals surface area (Å²) < 4.78 is 10.5. The molecule has 0 saturated heterocycles. The SMILES string of the molecule is CCOC(C)(C)C(=O)CCCC(=O)OCc1ccccc1. The van der Waals surface area contributed by atoms with E-state index < -0.39 is 5.60 Å². The lowest BCUT2D eigenvalue weighted by atomic mass is 9.98. The molecule has 1 rings (SSSR count). The predicted octanol–water partition coefficient (Wildman–Crippen LogP) is 3.28. The summed E-state index contributed by atoms with van der Waals surface area (Å²) in [7, 11) is 0. The average Bonchev–Trinajstić information content (AvgIpc) is 2.46. The molecule has 0 radical (unpaired) electrons. The standard InChI is InChI=1S/C17H24O4/c1-4-21-17(2,3)15(18)11-8-12-16(19)20-13-14-9-6-5-7-10-14/h5-7,9-10H,4,8,11-13H2,1-3H3. The van der Waals surface area contributed by atoms with E-state index in [0.717, 1.165) is 5.56 Å². The summed E-state index contributed by atoms with van der Waals surface area (Å²) in [4.78, 5) is 23.5. The van der Waals surface area contributed by atoms with E-state index in [2.05, 4.69) is 0 Å². The minimum Gasteiger partial charge on any atom is -0.461 e. The van der Waals surface area contributed by atoms with E-state index in [-0.39, 0.29) is 24.8 Å². The smallest absolute Gasteiger partial charge is 0.306 e. The van der Waals surface area contributed by atoms with Crippen molar-refractivity contribution in [1.29, 1.82) is 0 Å².